The summed E-state index contributed by atoms with van der Waals surface area (Å²) in [5, 5.41) is 3.03. The molecule has 1 fully saturated rings. The molecule has 0 aliphatic carbocycles. The lowest BCUT2D eigenvalue weighted by atomic mass is 10.0. The summed E-state index contributed by atoms with van der Waals surface area (Å²) >= 11 is 0. The van der Waals surface area contributed by atoms with Crippen LogP contribution < -0.4 is 5.32 Å². The highest BCUT2D eigenvalue weighted by Crippen LogP contribution is 2.21. The first-order valence-corrected chi connectivity index (χ1v) is 11.3. The van der Waals surface area contributed by atoms with Crippen molar-refractivity contribution in [2.75, 3.05) is 27.2 Å². The van der Waals surface area contributed by atoms with Gasteiger partial charge in [0.1, 0.15) is 0 Å². The maximum absolute atomic E-state index is 13.1. The molecule has 0 atom stereocenters. The molecule has 3 rings (SSSR count). The van der Waals surface area contributed by atoms with Gasteiger partial charge in [-0.25, -0.2) is 12.7 Å². The monoisotopic (exact) mass is 429 g/mol. The molecule has 2 aromatic rings. The van der Waals surface area contributed by atoms with E-state index in [1.807, 2.05) is 18.2 Å². The Morgan fingerprint density at radius 3 is 2.27 bits per heavy atom. The molecule has 1 aliphatic heterocycles. The molecule has 30 heavy (non-hydrogen) atoms. The third-order valence-electron chi connectivity index (χ3n) is 5.37. The largest absolute Gasteiger partial charge is 0.349 e. The van der Waals surface area contributed by atoms with Crippen LogP contribution in [0.5, 0.6) is 0 Å². The van der Waals surface area contributed by atoms with Gasteiger partial charge in [0, 0.05) is 44.4 Å². The van der Waals surface area contributed by atoms with Crippen LogP contribution in [0.2, 0.25) is 0 Å². The van der Waals surface area contributed by atoms with E-state index in [1.54, 1.807) is 30.0 Å². The van der Waals surface area contributed by atoms with E-state index >= 15 is 0 Å². The summed E-state index contributed by atoms with van der Waals surface area (Å²) in [6.45, 7) is 2.80. The number of nitrogens with zero attached hydrogens (tertiary/aromatic N) is 2. The van der Waals surface area contributed by atoms with Gasteiger partial charge in [-0.2, -0.15) is 0 Å². The van der Waals surface area contributed by atoms with Gasteiger partial charge in [-0.15, -0.1) is 0 Å². The van der Waals surface area contributed by atoms with Crippen LogP contribution in [-0.2, 0) is 10.0 Å². The number of aryl methyl sites for hydroxylation is 1. The van der Waals surface area contributed by atoms with E-state index in [9.17, 15) is 18.0 Å². The molecule has 0 spiro atoms. The first-order valence-electron chi connectivity index (χ1n) is 9.88. The van der Waals surface area contributed by atoms with Gasteiger partial charge in [-0.1, -0.05) is 24.3 Å². The number of likely N-dealkylation sites (tertiary alicyclic amines) is 1. The second-order valence-corrected chi connectivity index (χ2v) is 9.82. The summed E-state index contributed by atoms with van der Waals surface area (Å²) in [7, 11) is -0.687. The number of amides is 2. The van der Waals surface area contributed by atoms with Crippen molar-refractivity contribution in [1.29, 1.82) is 0 Å². The Bertz CT molecular complexity index is 1030. The molecule has 1 aliphatic rings. The smallest absolute Gasteiger partial charge is 0.254 e. The predicted octanol–water partition coefficient (Wildman–Crippen LogP) is 2.28. The maximum Gasteiger partial charge on any atom is 0.254 e. The van der Waals surface area contributed by atoms with E-state index in [0.29, 0.717) is 37.1 Å². The zero-order chi connectivity index (χ0) is 21.9. The fourth-order valence-corrected chi connectivity index (χ4v) is 4.39. The van der Waals surface area contributed by atoms with E-state index in [1.165, 1.54) is 26.2 Å². The van der Waals surface area contributed by atoms with Crippen LogP contribution in [0.3, 0.4) is 0 Å². The van der Waals surface area contributed by atoms with Gasteiger partial charge >= 0.3 is 0 Å². The fourth-order valence-electron chi connectivity index (χ4n) is 3.46. The highest BCUT2D eigenvalue weighted by molar-refractivity contribution is 7.89. The zero-order valence-corrected chi connectivity index (χ0v) is 18.3. The van der Waals surface area contributed by atoms with Gasteiger partial charge in [0.05, 0.1) is 4.90 Å². The van der Waals surface area contributed by atoms with Crippen molar-refractivity contribution in [2.24, 2.45) is 0 Å². The minimum Gasteiger partial charge on any atom is -0.349 e. The van der Waals surface area contributed by atoms with E-state index in [0.717, 1.165) is 9.87 Å². The summed E-state index contributed by atoms with van der Waals surface area (Å²) in [6, 6.07) is 13.7. The van der Waals surface area contributed by atoms with Gasteiger partial charge in [0.25, 0.3) is 11.8 Å². The Labute approximate surface area is 177 Å². The molecule has 0 radical (unpaired) electrons. The van der Waals surface area contributed by atoms with Crippen LogP contribution >= 0.6 is 0 Å². The molecular formula is C22H27N3O4S. The van der Waals surface area contributed by atoms with Crippen molar-refractivity contribution in [1.82, 2.24) is 14.5 Å². The predicted molar refractivity (Wildman–Crippen MR) is 115 cm³/mol. The molecule has 160 valence electrons. The number of rotatable bonds is 5. The minimum atomic E-state index is -3.61. The van der Waals surface area contributed by atoms with E-state index in [-0.39, 0.29) is 22.8 Å². The summed E-state index contributed by atoms with van der Waals surface area (Å²) in [4.78, 5) is 27.2. The molecule has 1 N–H and O–H groups in total. The summed E-state index contributed by atoms with van der Waals surface area (Å²) < 4.78 is 26.0. The lowest BCUT2D eigenvalue weighted by molar-refractivity contribution is 0.0697. The second-order valence-electron chi connectivity index (χ2n) is 7.67. The van der Waals surface area contributed by atoms with E-state index < -0.39 is 10.0 Å². The molecular weight excluding hydrogens is 402 g/mol. The molecule has 1 heterocycles. The van der Waals surface area contributed by atoms with Crippen LogP contribution in [-0.4, -0.2) is 62.7 Å². The molecule has 2 aromatic carbocycles. The third kappa shape index (κ3) is 4.71. The average molecular weight is 430 g/mol. The Hall–Kier alpha value is -2.71. The summed E-state index contributed by atoms with van der Waals surface area (Å²) in [6.07, 6.45) is 1.30. The summed E-state index contributed by atoms with van der Waals surface area (Å²) in [5.74, 6) is -0.297. The Balaban J connectivity index is 1.66. The van der Waals surface area contributed by atoms with Gasteiger partial charge in [-0.05, 0) is 49.6 Å². The fraction of sp³-hybridized carbons (Fsp3) is 0.364. The van der Waals surface area contributed by atoms with Crippen molar-refractivity contribution in [3.63, 3.8) is 0 Å². The number of hydrogen-bond acceptors (Lipinski definition) is 4. The average Bonchev–Trinajstić information content (AvgIpc) is 2.74. The molecule has 8 heteroatoms. The molecule has 0 unspecified atom stereocenters. The Morgan fingerprint density at radius 2 is 1.67 bits per heavy atom. The number of carbonyl (C=O) groups excluding carboxylic acids is 2. The number of sulfonamides is 1. The second kappa shape index (κ2) is 8.97. The van der Waals surface area contributed by atoms with Crippen molar-refractivity contribution < 1.29 is 18.0 Å². The van der Waals surface area contributed by atoms with E-state index in [2.05, 4.69) is 5.32 Å². The maximum atomic E-state index is 13.1. The number of carbonyl (C=O) groups is 2. The standard InChI is InChI=1S/C22H27N3O4S/c1-16-9-10-19(30(28,29)24(2)3)15-20(16)22(27)25-13-11-18(12-14-25)23-21(26)17-7-5-4-6-8-17/h4-10,15,18H,11-14H2,1-3H3,(H,23,26). The number of benzene rings is 2. The SMILES string of the molecule is Cc1ccc(S(=O)(=O)N(C)C)cc1C(=O)N1CCC(NC(=O)c2ccccc2)CC1. The van der Waals surface area contributed by atoms with Crippen molar-refractivity contribution in [3.8, 4) is 0 Å². The van der Waals surface area contributed by atoms with Gasteiger partial charge < -0.3 is 10.2 Å². The first kappa shape index (κ1) is 22.0. The van der Waals surface area contributed by atoms with Crippen LogP contribution in [0.15, 0.2) is 53.4 Å². The normalized spacial score (nSPS) is 15.3. The zero-order valence-electron chi connectivity index (χ0n) is 17.5. The van der Waals surface area contributed by atoms with Crippen LogP contribution in [0.25, 0.3) is 0 Å². The summed E-state index contributed by atoms with van der Waals surface area (Å²) in [5.41, 5.74) is 1.74. The topological polar surface area (TPSA) is 86.8 Å². The minimum absolute atomic E-state index is 0.00306. The molecule has 1 saturated heterocycles. The first-order chi connectivity index (χ1) is 14.2. The lowest BCUT2D eigenvalue weighted by Gasteiger charge is -2.33. The highest BCUT2D eigenvalue weighted by atomic mass is 32.2. The molecule has 0 bridgehead atoms. The third-order valence-corrected chi connectivity index (χ3v) is 7.18. The lowest BCUT2D eigenvalue weighted by Crippen LogP contribution is -2.46. The quantitative estimate of drug-likeness (QED) is 0.790. The molecule has 7 nitrogen and oxygen atoms in total. The van der Waals surface area contributed by atoms with Gasteiger partial charge in [0.15, 0.2) is 0 Å². The van der Waals surface area contributed by atoms with Crippen LogP contribution in [0.4, 0.5) is 0 Å². The van der Waals surface area contributed by atoms with Crippen molar-refractivity contribution in [2.45, 2.75) is 30.7 Å². The van der Waals surface area contributed by atoms with Crippen LogP contribution in [0.1, 0.15) is 39.1 Å². The number of nitrogens with one attached hydrogen (secondary N) is 1. The Morgan fingerprint density at radius 1 is 1.03 bits per heavy atom. The molecule has 0 aromatic heterocycles. The van der Waals surface area contributed by atoms with E-state index in [4.69, 9.17) is 0 Å². The van der Waals surface area contributed by atoms with Gasteiger partial charge in [-0.3, -0.25) is 9.59 Å². The van der Waals surface area contributed by atoms with Crippen molar-refractivity contribution >= 4 is 21.8 Å². The molecule has 0 saturated carbocycles. The highest BCUT2D eigenvalue weighted by Gasteiger charge is 2.27. The number of hydrogen-bond donors (Lipinski definition) is 1. The Kier molecular flexibility index (Phi) is 6.58. The van der Waals surface area contributed by atoms with Gasteiger partial charge in [0.2, 0.25) is 10.0 Å². The van der Waals surface area contributed by atoms with Crippen LogP contribution in [0, 0.1) is 6.92 Å². The number of piperidine rings is 1. The van der Waals surface area contributed by atoms with Crippen molar-refractivity contribution in [3.05, 3.63) is 65.2 Å². The molecule has 2 amide bonds.